The molecule has 2 rings (SSSR count). The van der Waals surface area contributed by atoms with Gasteiger partial charge < -0.3 is 5.73 Å². The van der Waals surface area contributed by atoms with Crippen LogP contribution >= 0.6 is 0 Å². The lowest BCUT2D eigenvalue weighted by molar-refractivity contribution is 0.507. The zero-order valence-corrected chi connectivity index (χ0v) is 10.1. The molecule has 0 bridgehead atoms. The molecule has 2 N–H and O–H groups in total. The van der Waals surface area contributed by atoms with E-state index in [1.54, 1.807) is 0 Å². The summed E-state index contributed by atoms with van der Waals surface area (Å²) in [6, 6.07) is 5.61. The maximum Gasteiger partial charge on any atom is 0.131 e. The summed E-state index contributed by atoms with van der Waals surface area (Å²) in [6.45, 7) is 1.40. The van der Waals surface area contributed by atoms with E-state index in [4.69, 9.17) is 5.73 Å². The van der Waals surface area contributed by atoms with Crippen molar-refractivity contribution in [2.75, 3.05) is 0 Å². The molecule has 0 aliphatic carbocycles. The molecule has 0 aromatic heterocycles. The van der Waals surface area contributed by atoms with Gasteiger partial charge in [-0.15, -0.1) is 0 Å². The largest absolute Gasteiger partial charge is 0.318 e. The summed E-state index contributed by atoms with van der Waals surface area (Å²) in [5.41, 5.74) is 4.50. The lowest BCUT2D eigenvalue weighted by Crippen LogP contribution is -2.35. The van der Waals surface area contributed by atoms with Gasteiger partial charge in [-0.3, -0.25) is 0 Å². The second kappa shape index (κ2) is 4.66. The van der Waals surface area contributed by atoms with E-state index in [9.17, 15) is 17.6 Å². The highest BCUT2D eigenvalue weighted by Gasteiger charge is 2.28. The van der Waals surface area contributed by atoms with Crippen LogP contribution in [0.5, 0.6) is 0 Å². The van der Waals surface area contributed by atoms with Gasteiger partial charge in [0.2, 0.25) is 0 Å². The van der Waals surface area contributed by atoms with E-state index in [1.807, 2.05) is 0 Å². The first-order valence-corrected chi connectivity index (χ1v) is 5.51. The predicted molar refractivity (Wildman–Crippen MR) is 63.4 cm³/mol. The maximum atomic E-state index is 13.7. The highest BCUT2D eigenvalue weighted by atomic mass is 19.1. The Hall–Kier alpha value is -1.88. The fourth-order valence-electron chi connectivity index (χ4n) is 1.92. The first kappa shape index (κ1) is 13.5. The highest BCUT2D eigenvalue weighted by Crippen LogP contribution is 2.29. The monoisotopic (exact) mass is 269 g/mol. The van der Waals surface area contributed by atoms with Crippen molar-refractivity contribution in [3.8, 4) is 0 Å². The highest BCUT2D eigenvalue weighted by molar-refractivity contribution is 5.38. The molecule has 19 heavy (non-hydrogen) atoms. The van der Waals surface area contributed by atoms with E-state index in [2.05, 4.69) is 0 Å². The van der Waals surface area contributed by atoms with Gasteiger partial charge >= 0.3 is 0 Å². The molecule has 1 atom stereocenters. The zero-order chi connectivity index (χ0) is 14.2. The third-order valence-corrected chi connectivity index (χ3v) is 2.95. The van der Waals surface area contributed by atoms with Crippen LogP contribution in [0.4, 0.5) is 17.6 Å². The van der Waals surface area contributed by atoms with E-state index in [-0.39, 0.29) is 11.1 Å². The Morgan fingerprint density at radius 1 is 0.842 bits per heavy atom. The lowest BCUT2D eigenvalue weighted by Gasteiger charge is -2.26. The Bertz CT molecular complexity index is 603. The van der Waals surface area contributed by atoms with Crippen molar-refractivity contribution in [2.45, 2.75) is 12.5 Å². The molecule has 0 heterocycles. The summed E-state index contributed by atoms with van der Waals surface area (Å²) in [5.74, 6) is -3.24. The molecular formula is C14H11F4N. The molecule has 0 aliphatic heterocycles. The van der Waals surface area contributed by atoms with Gasteiger partial charge in [-0.2, -0.15) is 0 Å². The fraction of sp³-hybridized carbons (Fsp3) is 0.143. The summed E-state index contributed by atoms with van der Waals surface area (Å²) >= 11 is 0. The van der Waals surface area contributed by atoms with E-state index in [1.165, 1.54) is 6.92 Å². The fourth-order valence-corrected chi connectivity index (χ4v) is 1.92. The molecule has 1 nitrogen and oxygen atoms in total. The van der Waals surface area contributed by atoms with Crippen molar-refractivity contribution in [1.29, 1.82) is 0 Å². The predicted octanol–water partition coefficient (Wildman–Crippen LogP) is 3.47. The standard InChI is InChI=1S/C14H11F4N/c1-14(19,8-4-10(16)6-11(17)5-8)12-3-2-9(15)7-13(12)18/h2-7H,19H2,1H3. The molecule has 0 radical (unpaired) electrons. The van der Waals surface area contributed by atoms with Crippen LogP contribution in [0.3, 0.4) is 0 Å². The summed E-state index contributed by atoms with van der Waals surface area (Å²) < 4.78 is 53.0. The SMILES string of the molecule is CC(N)(c1cc(F)cc(F)c1)c1ccc(F)cc1F. The number of hydrogen-bond acceptors (Lipinski definition) is 1. The zero-order valence-electron chi connectivity index (χ0n) is 10.1. The van der Waals surface area contributed by atoms with E-state index < -0.39 is 28.8 Å². The lowest BCUT2D eigenvalue weighted by atomic mass is 9.85. The summed E-state index contributed by atoms with van der Waals surface area (Å²) in [6.07, 6.45) is 0. The third-order valence-electron chi connectivity index (χ3n) is 2.95. The third kappa shape index (κ3) is 2.61. The van der Waals surface area contributed by atoms with Crippen LogP contribution < -0.4 is 5.73 Å². The Morgan fingerprint density at radius 3 is 1.95 bits per heavy atom. The smallest absolute Gasteiger partial charge is 0.131 e. The molecule has 0 saturated heterocycles. The molecule has 0 aliphatic rings. The molecular weight excluding hydrogens is 258 g/mol. The quantitative estimate of drug-likeness (QED) is 0.830. The minimum absolute atomic E-state index is 0.0427. The maximum absolute atomic E-state index is 13.7. The van der Waals surface area contributed by atoms with Gasteiger partial charge in [-0.25, -0.2) is 17.6 Å². The van der Waals surface area contributed by atoms with Crippen LogP contribution in [0, 0.1) is 23.3 Å². The van der Waals surface area contributed by atoms with Crippen LogP contribution in [0.25, 0.3) is 0 Å². The van der Waals surface area contributed by atoms with Crippen molar-refractivity contribution < 1.29 is 17.6 Å². The van der Waals surface area contributed by atoms with Gasteiger partial charge in [-0.05, 0) is 30.7 Å². The topological polar surface area (TPSA) is 26.0 Å². The molecule has 100 valence electrons. The molecule has 0 fully saturated rings. The minimum atomic E-state index is -1.47. The molecule has 1 unspecified atom stereocenters. The van der Waals surface area contributed by atoms with Crippen LogP contribution in [0.1, 0.15) is 18.1 Å². The van der Waals surface area contributed by atoms with Crippen molar-refractivity contribution in [1.82, 2.24) is 0 Å². The Morgan fingerprint density at radius 2 is 1.42 bits per heavy atom. The number of nitrogens with two attached hydrogens (primary N) is 1. The van der Waals surface area contributed by atoms with E-state index in [0.29, 0.717) is 12.1 Å². The number of benzene rings is 2. The van der Waals surface area contributed by atoms with Gasteiger partial charge in [0.15, 0.2) is 0 Å². The van der Waals surface area contributed by atoms with Gasteiger partial charge in [0.25, 0.3) is 0 Å². The van der Waals surface area contributed by atoms with Gasteiger partial charge in [0.05, 0.1) is 5.54 Å². The van der Waals surface area contributed by atoms with E-state index >= 15 is 0 Å². The van der Waals surface area contributed by atoms with Gasteiger partial charge in [0, 0.05) is 17.7 Å². The summed E-state index contributed by atoms with van der Waals surface area (Å²) in [4.78, 5) is 0. The molecule has 0 saturated carbocycles. The minimum Gasteiger partial charge on any atom is -0.318 e. The second-order valence-corrected chi connectivity index (χ2v) is 4.48. The average Bonchev–Trinajstić information content (AvgIpc) is 2.26. The molecule has 0 amide bonds. The average molecular weight is 269 g/mol. The van der Waals surface area contributed by atoms with Gasteiger partial charge in [-0.1, -0.05) is 6.07 Å². The number of rotatable bonds is 2. The van der Waals surface area contributed by atoms with Crippen molar-refractivity contribution in [3.05, 3.63) is 70.8 Å². The number of halogens is 4. The Balaban J connectivity index is 2.57. The van der Waals surface area contributed by atoms with Crippen molar-refractivity contribution in [3.63, 3.8) is 0 Å². The summed E-state index contributed by atoms with van der Waals surface area (Å²) in [7, 11) is 0. The molecule has 0 spiro atoms. The summed E-state index contributed by atoms with van der Waals surface area (Å²) in [5, 5.41) is 0. The van der Waals surface area contributed by atoms with Crippen LogP contribution in [0.15, 0.2) is 36.4 Å². The molecule has 2 aromatic carbocycles. The van der Waals surface area contributed by atoms with Crippen molar-refractivity contribution in [2.24, 2.45) is 5.73 Å². The van der Waals surface area contributed by atoms with E-state index in [0.717, 1.165) is 24.3 Å². The van der Waals surface area contributed by atoms with Crippen LogP contribution in [-0.4, -0.2) is 0 Å². The molecule has 2 aromatic rings. The molecule has 5 heteroatoms. The van der Waals surface area contributed by atoms with Crippen LogP contribution in [-0.2, 0) is 5.54 Å². The van der Waals surface area contributed by atoms with Crippen molar-refractivity contribution >= 4 is 0 Å². The first-order chi connectivity index (χ1) is 8.80. The Kier molecular flexibility index (Phi) is 3.32. The first-order valence-electron chi connectivity index (χ1n) is 5.51. The normalized spacial score (nSPS) is 14.2. The van der Waals surface area contributed by atoms with Gasteiger partial charge in [0.1, 0.15) is 23.3 Å². The Labute approximate surface area is 107 Å². The number of hydrogen-bond donors (Lipinski definition) is 1. The second-order valence-electron chi connectivity index (χ2n) is 4.48. The van der Waals surface area contributed by atoms with Crippen LogP contribution in [0.2, 0.25) is 0 Å².